The zero-order valence-corrected chi connectivity index (χ0v) is 16.8. The Morgan fingerprint density at radius 2 is 1.87 bits per heavy atom. The maximum Gasteiger partial charge on any atom is 0.416 e. The van der Waals surface area contributed by atoms with Crippen LogP contribution in [0.1, 0.15) is 53.7 Å². The first-order valence-electron chi connectivity index (χ1n) is 9.57. The van der Waals surface area contributed by atoms with Gasteiger partial charge in [0.05, 0.1) is 5.56 Å². The van der Waals surface area contributed by atoms with Crippen LogP contribution in [0, 0.1) is 12.8 Å². The summed E-state index contributed by atoms with van der Waals surface area (Å²) in [5.41, 5.74) is 1.15. The monoisotopic (exact) mass is 417 g/mol. The van der Waals surface area contributed by atoms with Crippen molar-refractivity contribution in [1.82, 2.24) is 15.5 Å². The van der Waals surface area contributed by atoms with Crippen molar-refractivity contribution in [2.75, 3.05) is 0 Å². The van der Waals surface area contributed by atoms with Crippen LogP contribution >= 0.6 is 0 Å². The molecule has 2 atom stereocenters. The van der Waals surface area contributed by atoms with Crippen LogP contribution in [0.25, 0.3) is 11.4 Å². The number of hydrogen-bond donors (Lipinski definition) is 1. The summed E-state index contributed by atoms with van der Waals surface area (Å²) in [6.07, 6.45) is -3.73. The van der Waals surface area contributed by atoms with Crippen molar-refractivity contribution in [1.29, 1.82) is 0 Å². The van der Waals surface area contributed by atoms with Crippen LogP contribution in [0.5, 0.6) is 0 Å². The topological polar surface area (TPSA) is 68.0 Å². The van der Waals surface area contributed by atoms with E-state index < -0.39 is 23.7 Å². The minimum Gasteiger partial charge on any atom is -0.340 e. The molecule has 3 rings (SSSR count). The molecule has 30 heavy (non-hydrogen) atoms. The first-order chi connectivity index (χ1) is 14.2. The zero-order valence-electron chi connectivity index (χ0n) is 16.8. The Labute approximate surface area is 172 Å². The fourth-order valence-corrected chi connectivity index (χ4v) is 2.98. The van der Waals surface area contributed by atoms with E-state index in [2.05, 4.69) is 15.5 Å². The van der Waals surface area contributed by atoms with E-state index in [0.29, 0.717) is 5.82 Å². The van der Waals surface area contributed by atoms with Gasteiger partial charge in [-0.15, -0.1) is 0 Å². The van der Waals surface area contributed by atoms with Crippen molar-refractivity contribution < 1.29 is 22.5 Å². The second-order valence-corrected chi connectivity index (χ2v) is 7.24. The summed E-state index contributed by atoms with van der Waals surface area (Å²) >= 11 is 0. The van der Waals surface area contributed by atoms with Gasteiger partial charge in [-0.1, -0.05) is 49.2 Å². The van der Waals surface area contributed by atoms with Gasteiger partial charge in [0.1, 0.15) is 6.04 Å². The standard InChI is InChI=1S/C22H22F3N3O2/c1-4-14(3)18(21-27-19(28-30-21)16-7-5-6-13(2)12-16)26-20(29)15-8-10-17(11-9-15)22(23,24)25/h5-12,14,18H,4H2,1-3H3,(H,26,29)/t14-,18+/m1/s1. The second-order valence-electron chi connectivity index (χ2n) is 7.24. The van der Waals surface area contributed by atoms with Gasteiger partial charge < -0.3 is 9.84 Å². The van der Waals surface area contributed by atoms with Gasteiger partial charge in [-0.2, -0.15) is 18.2 Å². The van der Waals surface area contributed by atoms with E-state index in [9.17, 15) is 18.0 Å². The van der Waals surface area contributed by atoms with Gasteiger partial charge in [-0.05, 0) is 43.2 Å². The largest absolute Gasteiger partial charge is 0.416 e. The molecule has 1 heterocycles. The molecule has 0 fully saturated rings. The Morgan fingerprint density at radius 3 is 2.47 bits per heavy atom. The van der Waals surface area contributed by atoms with Gasteiger partial charge in [0.25, 0.3) is 5.91 Å². The van der Waals surface area contributed by atoms with Crippen LogP contribution in [0.3, 0.4) is 0 Å². The lowest BCUT2D eigenvalue weighted by Crippen LogP contribution is -2.32. The molecular formula is C22H22F3N3O2. The first-order valence-corrected chi connectivity index (χ1v) is 9.57. The number of alkyl halides is 3. The number of carbonyl (C=O) groups is 1. The number of amides is 1. The molecule has 0 unspecified atom stereocenters. The Morgan fingerprint density at radius 1 is 1.17 bits per heavy atom. The first kappa shape index (κ1) is 21.5. The van der Waals surface area contributed by atoms with Gasteiger partial charge in [0, 0.05) is 11.1 Å². The lowest BCUT2D eigenvalue weighted by Gasteiger charge is -2.21. The van der Waals surface area contributed by atoms with E-state index >= 15 is 0 Å². The summed E-state index contributed by atoms with van der Waals surface area (Å²) < 4.78 is 43.6. The highest BCUT2D eigenvalue weighted by Crippen LogP contribution is 2.30. The average molecular weight is 417 g/mol. The van der Waals surface area contributed by atoms with Gasteiger partial charge in [-0.3, -0.25) is 4.79 Å². The van der Waals surface area contributed by atoms with E-state index in [1.54, 1.807) is 0 Å². The smallest absolute Gasteiger partial charge is 0.340 e. The molecule has 0 aliphatic carbocycles. The number of aryl methyl sites for hydroxylation is 1. The number of halogens is 3. The molecule has 1 aromatic heterocycles. The molecule has 8 heteroatoms. The number of hydrogen-bond acceptors (Lipinski definition) is 4. The van der Waals surface area contributed by atoms with E-state index in [0.717, 1.165) is 41.8 Å². The molecule has 158 valence electrons. The lowest BCUT2D eigenvalue weighted by atomic mass is 9.98. The van der Waals surface area contributed by atoms with Gasteiger partial charge in [-0.25, -0.2) is 0 Å². The molecule has 0 aliphatic heterocycles. The normalized spacial score (nSPS) is 13.7. The van der Waals surface area contributed by atoms with E-state index in [4.69, 9.17) is 4.52 Å². The fourth-order valence-electron chi connectivity index (χ4n) is 2.98. The number of rotatable bonds is 6. The molecule has 3 aromatic rings. The minimum absolute atomic E-state index is 0.0331. The Balaban J connectivity index is 1.82. The molecule has 0 radical (unpaired) electrons. The van der Waals surface area contributed by atoms with Crippen molar-refractivity contribution >= 4 is 5.91 Å². The second kappa shape index (κ2) is 8.69. The molecule has 1 N–H and O–H groups in total. The lowest BCUT2D eigenvalue weighted by molar-refractivity contribution is -0.137. The molecule has 2 aromatic carbocycles. The maximum absolute atomic E-state index is 12.7. The van der Waals surface area contributed by atoms with Crippen molar-refractivity contribution in [3.05, 3.63) is 71.1 Å². The maximum atomic E-state index is 12.7. The summed E-state index contributed by atoms with van der Waals surface area (Å²) in [6.45, 7) is 5.84. The molecule has 0 spiro atoms. The van der Waals surface area contributed by atoms with Gasteiger partial charge >= 0.3 is 6.18 Å². The fraction of sp³-hybridized carbons (Fsp3) is 0.318. The summed E-state index contributed by atoms with van der Waals surface area (Å²) in [5.74, 6) is 0.116. The Hall–Kier alpha value is -3.16. The summed E-state index contributed by atoms with van der Waals surface area (Å²) in [5, 5.41) is 6.84. The highest BCUT2D eigenvalue weighted by atomic mass is 19.4. The molecule has 5 nitrogen and oxygen atoms in total. The molecule has 0 saturated carbocycles. The molecule has 0 bridgehead atoms. The zero-order chi connectivity index (χ0) is 21.9. The molecule has 0 aliphatic rings. The van der Waals surface area contributed by atoms with Crippen molar-refractivity contribution in [2.45, 2.75) is 39.4 Å². The molecular weight excluding hydrogens is 395 g/mol. The highest BCUT2D eigenvalue weighted by Gasteiger charge is 2.31. The van der Waals surface area contributed by atoms with Gasteiger partial charge in [0.2, 0.25) is 11.7 Å². The van der Waals surface area contributed by atoms with Crippen LogP contribution in [0.2, 0.25) is 0 Å². The highest BCUT2D eigenvalue weighted by molar-refractivity contribution is 5.94. The van der Waals surface area contributed by atoms with E-state index in [1.807, 2.05) is 45.0 Å². The number of carbonyl (C=O) groups excluding carboxylic acids is 1. The number of nitrogens with one attached hydrogen (secondary N) is 1. The van der Waals surface area contributed by atoms with Crippen LogP contribution in [-0.2, 0) is 6.18 Å². The number of benzene rings is 2. The third-order valence-electron chi connectivity index (χ3n) is 4.96. The summed E-state index contributed by atoms with van der Waals surface area (Å²) in [7, 11) is 0. The predicted octanol–water partition coefficient (Wildman–Crippen LogP) is 5.58. The van der Waals surface area contributed by atoms with E-state index in [-0.39, 0.29) is 17.4 Å². The van der Waals surface area contributed by atoms with Gasteiger partial charge in [0.15, 0.2) is 0 Å². The van der Waals surface area contributed by atoms with Crippen molar-refractivity contribution in [3.63, 3.8) is 0 Å². The van der Waals surface area contributed by atoms with Crippen molar-refractivity contribution in [3.8, 4) is 11.4 Å². The third kappa shape index (κ3) is 4.87. The van der Waals surface area contributed by atoms with Crippen LogP contribution in [0.15, 0.2) is 53.1 Å². The predicted molar refractivity (Wildman–Crippen MR) is 106 cm³/mol. The molecule has 1 amide bonds. The summed E-state index contributed by atoms with van der Waals surface area (Å²) in [4.78, 5) is 17.1. The number of nitrogens with zero attached hydrogens (tertiary/aromatic N) is 2. The van der Waals surface area contributed by atoms with Crippen LogP contribution in [-0.4, -0.2) is 16.0 Å². The summed E-state index contributed by atoms with van der Waals surface area (Å²) in [6, 6.07) is 11.1. The third-order valence-corrected chi connectivity index (χ3v) is 4.96. The van der Waals surface area contributed by atoms with E-state index in [1.165, 1.54) is 0 Å². The molecule has 0 saturated heterocycles. The average Bonchev–Trinajstić information content (AvgIpc) is 3.20. The quantitative estimate of drug-likeness (QED) is 0.568. The SMILES string of the molecule is CC[C@@H](C)[C@H](NC(=O)c1ccc(C(F)(F)F)cc1)c1nc(-c2cccc(C)c2)no1. The van der Waals surface area contributed by atoms with Crippen LogP contribution in [0.4, 0.5) is 13.2 Å². The van der Waals surface area contributed by atoms with Crippen molar-refractivity contribution in [2.24, 2.45) is 5.92 Å². The number of aromatic nitrogens is 2. The Kier molecular flexibility index (Phi) is 6.24. The van der Waals surface area contributed by atoms with Crippen LogP contribution < -0.4 is 5.32 Å². The Bertz CT molecular complexity index is 1010. The minimum atomic E-state index is -4.45.